The van der Waals surface area contributed by atoms with Crippen LogP contribution in [0.3, 0.4) is 0 Å². The molecule has 2 aromatic rings. The summed E-state index contributed by atoms with van der Waals surface area (Å²) >= 11 is 0. The van der Waals surface area contributed by atoms with Gasteiger partial charge in [0.15, 0.2) is 0 Å². The molecule has 0 radical (unpaired) electrons. The number of nitrogens with zero attached hydrogens (tertiary/aromatic N) is 3. The average Bonchev–Trinajstić information content (AvgIpc) is 2.85. The van der Waals surface area contributed by atoms with Crippen LogP contribution in [0.25, 0.3) is 0 Å². The van der Waals surface area contributed by atoms with Crippen molar-refractivity contribution in [3.8, 4) is 5.75 Å². The highest BCUT2D eigenvalue weighted by Crippen LogP contribution is 2.16. The van der Waals surface area contributed by atoms with Crippen LogP contribution in [-0.4, -0.2) is 39.1 Å². The number of carboxylic acids is 1. The lowest BCUT2D eigenvalue weighted by Gasteiger charge is -2.06. The van der Waals surface area contributed by atoms with Gasteiger partial charge in [0.2, 0.25) is 5.91 Å². The van der Waals surface area contributed by atoms with E-state index in [1.807, 2.05) is 0 Å². The molecule has 0 saturated heterocycles. The average molecular weight is 290 g/mol. The van der Waals surface area contributed by atoms with Crippen molar-refractivity contribution in [2.45, 2.75) is 13.0 Å². The highest BCUT2D eigenvalue weighted by Gasteiger charge is 2.09. The van der Waals surface area contributed by atoms with Crippen LogP contribution in [-0.2, 0) is 22.6 Å². The molecule has 1 heterocycles. The van der Waals surface area contributed by atoms with Gasteiger partial charge in [-0.15, -0.1) is 5.10 Å². The van der Waals surface area contributed by atoms with Gasteiger partial charge in [-0.3, -0.25) is 9.59 Å². The van der Waals surface area contributed by atoms with E-state index in [1.165, 1.54) is 10.9 Å². The molecule has 0 spiro atoms. The Hall–Kier alpha value is -2.90. The van der Waals surface area contributed by atoms with E-state index in [1.54, 1.807) is 31.4 Å². The molecule has 21 heavy (non-hydrogen) atoms. The van der Waals surface area contributed by atoms with Crippen LogP contribution in [0.2, 0.25) is 0 Å². The summed E-state index contributed by atoms with van der Waals surface area (Å²) in [6.45, 7) is -0.0518. The molecular formula is C13H14N4O4. The van der Waals surface area contributed by atoms with Crippen LogP contribution < -0.4 is 10.1 Å². The van der Waals surface area contributed by atoms with Gasteiger partial charge in [-0.2, -0.15) is 0 Å². The molecule has 2 rings (SSSR count). The first-order chi connectivity index (χ1) is 10.1. The molecule has 8 nitrogen and oxygen atoms in total. The van der Waals surface area contributed by atoms with Crippen molar-refractivity contribution in [1.82, 2.24) is 15.0 Å². The molecule has 0 unspecified atom stereocenters. The number of amides is 1. The first-order valence-corrected chi connectivity index (χ1v) is 6.11. The Morgan fingerprint density at radius 1 is 1.43 bits per heavy atom. The SMILES string of the molecule is COc1cccc(NC(=O)Cn2cc(CC(=O)O)nn2)c1. The fourth-order valence-corrected chi connectivity index (χ4v) is 1.70. The second-order valence-electron chi connectivity index (χ2n) is 4.26. The lowest BCUT2D eigenvalue weighted by Crippen LogP contribution is -2.19. The van der Waals surface area contributed by atoms with Gasteiger partial charge in [0, 0.05) is 18.0 Å². The summed E-state index contributed by atoms with van der Waals surface area (Å²) in [6.07, 6.45) is 1.21. The zero-order valence-corrected chi connectivity index (χ0v) is 11.3. The van der Waals surface area contributed by atoms with Gasteiger partial charge in [-0.05, 0) is 12.1 Å². The van der Waals surface area contributed by atoms with E-state index in [-0.39, 0.29) is 18.9 Å². The Morgan fingerprint density at radius 3 is 2.95 bits per heavy atom. The summed E-state index contributed by atoms with van der Waals surface area (Å²) in [5.74, 6) is -0.657. The Kier molecular flexibility index (Phi) is 4.50. The maximum absolute atomic E-state index is 11.9. The predicted octanol–water partition coefficient (Wildman–Crippen LogP) is 0.552. The van der Waals surface area contributed by atoms with Gasteiger partial charge in [-0.1, -0.05) is 11.3 Å². The largest absolute Gasteiger partial charge is 0.497 e. The minimum Gasteiger partial charge on any atom is -0.497 e. The van der Waals surface area contributed by atoms with Gasteiger partial charge >= 0.3 is 5.97 Å². The molecule has 0 fully saturated rings. The first kappa shape index (κ1) is 14.5. The standard InChI is InChI=1S/C13H14N4O4/c1-21-11-4-2-3-9(5-11)14-12(18)8-17-7-10(15-16-17)6-13(19)20/h2-5,7H,6,8H2,1H3,(H,14,18)(H,19,20). The second kappa shape index (κ2) is 6.51. The molecular weight excluding hydrogens is 276 g/mol. The van der Waals surface area contributed by atoms with E-state index < -0.39 is 5.97 Å². The number of aliphatic carboxylic acids is 1. The zero-order chi connectivity index (χ0) is 15.2. The third kappa shape index (κ3) is 4.30. The molecule has 1 amide bonds. The van der Waals surface area contributed by atoms with Gasteiger partial charge in [0.25, 0.3) is 0 Å². The maximum Gasteiger partial charge on any atom is 0.309 e. The molecule has 0 aliphatic heterocycles. The third-order valence-electron chi connectivity index (χ3n) is 2.58. The van der Waals surface area contributed by atoms with Crippen molar-refractivity contribution in [3.63, 3.8) is 0 Å². The minimum absolute atomic E-state index is 0.0518. The highest BCUT2D eigenvalue weighted by molar-refractivity contribution is 5.90. The molecule has 2 N–H and O–H groups in total. The molecule has 1 aromatic carbocycles. The normalized spacial score (nSPS) is 10.1. The molecule has 0 saturated carbocycles. The summed E-state index contributed by atoms with van der Waals surface area (Å²) in [7, 11) is 1.54. The predicted molar refractivity (Wildman–Crippen MR) is 73.0 cm³/mol. The number of carbonyl (C=O) groups excluding carboxylic acids is 1. The fraction of sp³-hybridized carbons (Fsp3) is 0.231. The maximum atomic E-state index is 11.9. The van der Waals surface area contributed by atoms with Crippen LogP contribution >= 0.6 is 0 Å². The lowest BCUT2D eigenvalue weighted by molar-refractivity contribution is -0.136. The number of hydrogen-bond donors (Lipinski definition) is 2. The quantitative estimate of drug-likeness (QED) is 0.804. The van der Waals surface area contributed by atoms with Crippen LogP contribution in [0.4, 0.5) is 5.69 Å². The van der Waals surface area contributed by atoms with E-state index in [0.29, 0.717) is 17.1 Å². The van der Waals surface area contributed by atoms with Crippen LogP contribution in [0.15, 0.2) is 30.5 Å². The monoisotopic (exact) mass is 290 g/mol. The number of nitrogens with one attached hydrogen (secondary N) is 1. The van der Waals surface area contributed by atoms with Crippen molar-refractivity contribution in [2.24, 2.45) is 0 Å². The smallest absolute Gasteiger partial charge is 0.309 e. The molecule has 0 aliphatic carbocycles. The number of methoxy groups -OCH3 is 1. The minimum atomic E-state index is -0.997. The van der Waals surface area contributed by atoms with Crippen LogP contribution in [0, 0.1) is 0 Å². The number of carbonyl (C=O) groups is 2. The number of ether oxygens (including phenoxy) is 1. The molecule has 0 aliphatic rings. The molecule has 0 atom stereocenters. The van der Waals surface area contributed by atoms with Crippen molar-refractivity contribution in [3.05, 3.63) is 36.2 Å². The van der Waals surface area contributed by atoms with Gasteiger partial charge < -0.3 is 15.2 Å². The third-order valence-corrected chi connectivity index (χ3v) is 2.58. The van der Waals surface area contributed by atoms with Crippen LogP contribution in [0.5, 0.6) is 5.75 Å². The number of rotatable bonds is 6. The summed E-state index contributed by atoms with van der Waals surface area (Å²) in [4.78, 5) is 22.4. The van der Waals surface area contributed by atoms with Gasteiger partial charge in [0.1, 0.15) is 12.3 Å². The van der Waals surface area contributed by atoms with E-state index in [9.17, 15) is 9.59 Å². The fourth-order valence-electron chi connectivity index (χ4n) is 1.70. The van der Waals surface area contributed by atoms with E-state index in [2.05, 4.69) is 15.6 Å². The lowest BCUT2D eigenvalue weighted by atomic mass is 10.3. The Morgan fingerprint density at radius 2 is 2.24 bits per heavy atom. The van der Waals surface area contributed by atoms with Gasteiger partial charge in [0.05, 0.1) is 19.2 Å². The second-order valence-corrected chi connectivity index (χ2v) is 4.26. The number of aromatic nitrogens is 3. The molecule has 1 aromatic heterocycles. The first-order valence-electron chi connectivity index (χ1n) is 6.11. The van der Waals surface area contributed by atoms with Crippen molar-refractivity contribution >= 4 is 17.6 Å². The van der Waals surface area contributed by atoms with Crippen molar-refractivity contribution < 1.29 is 19.4 Å². The molecule has 110 valence electrons. The molecule has 8 heteroatoms. The zero-order valence-electron chi connectivity index (χ0n) is 11.3. The van der Waals surface area contributed by atoms with E-state index in [0.717, 1.165) is 0 Å². The number of carboxylic acid groups (broad SMARTS) is 1. The number of anilines is 1. The van der Waals surface area contributed by atoms with Gasteiger partial charge in [-0.25, -0.2) is 4.68 Å². The summed E-state index contributed by atoms with van der Waals surface area (Å²) in [6, 6.07) is 6.95. The van der Waals surface area contributed by atoms with Crippen molar-refractivity contribution in [2.75, 3.05) is 12.4 Å². The number of benzene rings is 1. The Balaban J connectivity index is 1.94. The topological polar surface area (TPSA) is 106 Å². The Bertz CT molecular complexity index is 653. The summed E-state index contributed by atoms with van der Waals surface area (Å²) < 4.78 is 6.35. The molecule has 0 bridgehead atoms. The number of hydrogen-bond acceptors (Lipinski definition) is 5. The van der Waals surface area contributed by atoms with E-state index in [4.69, 9.17) is 9.84 Å². The summed E-state index contributed by atoms with van der Waals surface area (Å²) in [5, 5.41) is 18.7. The van der Waals surface area contributed by atoms with E-state index >= 15 is 0 Å². The van der Waals surface area contributed by atoms with Crippen molar-refractivity contribution in [1.29, 1.82) is 0 Å². The highest BCUT2D eigenvalue weighted by atomic mass is 16.5. The van der Waals surface area contributed by atoms with Crippen LogP contribution in [0.1, 0.15) is 5.69 Å². The Labute approximate surface area is 120 Å². The summed E-state index contributed by atoms with van der Waals surface area (Å²) in [5.41, 5.74) is 0.905.